The van der Waals surface area contributed by atoms with Crippen LogP contribution in [0.5, 0.6) is 5.75 Å². The molecule has 1 heterocycles. The standard InChI is InChI=1S/C22H18ClN5O12S4.K.Na/c1-10-18(23)21(26-22(24-10)41(2,30)31)25-14-9-12(42(32,33)34)7-11-8-16(44(38,39)40)19(20(29)17(11)14)28-27-13-5-3-4-6-15(13)43(35,36)37;;/h3-9,29H,1-2H3,(H,24,25,26)(H,32,33,34)(H,35,36,37)(H,38,39,40);;/q;2*+1/p-2. The zero-order valence-electron chi connectivity index (χ0n) is 23.8. The second-order valence-corrected chi connectivity index (χ2v) is 15.2. The number of phenols is 1. The topological polar surface area (TPSA) is 286 Å². The van der Waals surface area contributed by atoms with Gasteiger partial charge in [0.1, 0.15) is 41.5 Å². The normalized spacial score (nSPS) is 12.5. The molecule has 46 heavy (non-hydrogen) atoms. The molecule has 0 saturated heterocycles. The van der Waals surface area contributed by atoms with Gasteiger partial charge in [-0.2, -0.15) is 13.4 Å². The van der Waals surface area contributed by atoms with Gasteiger partial charge in [0.25, 0.3) is 10.1 Å². The van der Waals surface area contributed by atoms with E-state index in [4.69, 9.17) is 11.6 Å². The minimum Gasteiger partial charge on any atom is -0.744 e. The Hall–Kier alpha value is -1.19. The minimum absolute atomic E-state index is 0. The van der Waals surface area contributed by atoms with Crippen molar-refractivity contribution in [3.05, 3.63) is 53.2 Å². The fraction of sp³-hybridized carbons (Fsp3) is 0.0909. The summed E-state index contributed by atoms with van der Waals surface area (Å²) in [6, 6.07) is 6.36. The van der Waals surface area contributed by atoms with Crippen LogP contribution in [0.15, 0.2) is 72.5 Å². The van der Waals surface area contributed by atoms with Crippen LogP contribution >= 0.6 is 11.6 Å². The Kier molecular flexibility index (Phi) is 13.1. The van der Waals surface area contributed by atoms with E-state index in [0.717, 1.165) is 18.4 Å². The van der Waals surface area contributed by atoms with Gasteiger partial charge in [0, 0.05) is 11.6 Å². The van der Waals surface area contributed by atoms with Crippen LogP contribution in [0.4, 0.5) is 22.9 Å². The van der Waals surface area contributed by atoms with Crippen molar-refractivity contribution >= 4 is 85.4 Å². The molecule has 0 aliphatic carbocycles. The molecule has 0 unspecified atom stereocenters. The van der Waals surface area contributed by atoms with Gasteiger partial charge < -0.3 is 19.5 Å². The molecule has 0 amide bonds. The second-order valence-electron chi connectivity index (χ2n) is 8.84. The molecular weight excluding hydrogens is 752 g/mol. The molecule has 4 aromatic rings. The predicted octanol–water partition coefficient (Wildman–Crippen LogP) is -3.08. The Bertz CT molecular complexity index is 2360. The fourth-order valence-electron chi connectivity index (χ4n) is 3.76. The van der Waals surface area contributed by atoms with Gasteiger partial charge in [0.2, 0.25) is 15.0 Å². The van der Waals surface area contributed by atoms with E-state index < -0.39 is 99.4 Å². The van der Waals surface area contributed by atoms with Gasteiger partial charge in [0.05, 0.1) is 21.2 Å². The minimum atomic E-state index is -5.53. The van der Waals surface area contributed by atoms with Crippen LogP contribution in [0.2, 0.25) is 5.02 Å². The van der Waals surface area contributed by atoms with E-state index in [-0.39, 0.29) is 91.7 Å². The Labute approximate surface area is 331 Å². The van der Waals surface area contributed by atoms with Gasteiger partial charge in [-0.05, 0) is 42.6 Å². The van der Waals surface area contributed by atoms with Crippen LogP contribution in [0.3, 0.4) is 0 Å². The van der Waals surface area contributed by atoms with Gasteiger partial charge >= 0.3 is 80.9 Å². The van der Waals surface area contributed by atoms with Crippen molar-refractivity contribution in [2.24, 2.45) is 10.2 Å². The van der Waals surface area contributed by atoms with E-state index in [1.165, 1.54) is 19.1 Å². The van der Waals surface area contributed by atoms with E-state index in [9.17, 15) is 52.4 Å². The number of azo groups is 1. The molecule has 0 spiro atoms. The van der Waals surface area contributed by atoms with E-state index in [2.05, 4.69) is 25.5 Å². The van der Waals surface area contributed by atoms with Crippen molar-refractivity contribution in [3.63, 3.8) is 0 Å². The summed E-state index contributed by atoms with van der Waals surface area (Å²) < 4.78 is 129. The molecule has 234 valence electrons. The van der Waals surface area contributed by atoms with E-state index in [1.54, 1.807) is 0 Å². The molecule has 24 heteroatoms. The summed E-state index contributed by atoms with van der Waals surface area (Å²) in [6.45, 7) is 1.31. The summed E-state index contributed by atoms with van der Waals surface area (Å²) in [4.78, 5) is 4.54. The first kappa shape index (κ1) is 41.0. The van der Waals surface area contributed by atoms with Gasteiger partial charge in [0.15, 0.2) is 11.6 Å². The van der Waals surface area contributed by atoms with Crippen LogP contribution < -0.4 is 86.3 Å². The van der Waals surface area contributed by atoms with Crippen LogP contribution in [0.1, 0.15) is 5.69 Å². The molecule has 0 saturated carbocycles. The quantitative estimate of drug-likeness (QED) is 0.0694. The molecule has 0 bridgehead atoms. The zero-order valence-corrected chi connectivity index (χ0v) is 33.0. The van der Waals surface area contributed by atoms with Crippen molar-refractivity contribution in [3.8, 4) is 5.75 Å². The summed E-state index contributed by atoms with van der Waals surface area (Å²) in [7, 11) is -19.7. The number of hydrogen-bond donors (Lipinski definition) is 3. The summed E-state index contributed by atoms with van der Waals surface area (Å²) in [5, 5.41) is 18.8. The third kappa shape index (κ3) is 9.07. The first-order valence-electron chi connectivity index (χ1n) is 11.3. The number of anilines is 2. The summed E-state index contributed by atoms with van der Waals surface area (Å²) in [6.07, 6.45) is 0.785. The molecule has 17 nitrogen and oxygen atoms in total. The Balaban J connectivity index is 0.00000368. The number of nitrogens with zero attached hydrogens (tertiary/aromatic N) is 4. The SMILES string of the molecule is Cc1nc(S(C)(=O)=O)nc(Nc2cc(S(=O)(=O)[O-])cc3cc(S(=O)(=O)[O-])c(N=Nc4ccccc4S(=O)(=O)O)c(O)c23)c1Cl.[K+].[Na+]. The Morgan fingerprint density at radius 1 is 0.891 bits per heavy atom. The molecule has 4 rings (SSSR count). The Morgan fingerprint density at radius 3 is 2.04 bits per heavy atom. The van der Waals surface area contributed by atoms with Crippen molar-refractivity contribution in [2.75, 3.05) is 11.6 Å². The van der Waals surface area contributed by atoms with Crippen molar-refractivity contribution in [2.45, 2.75) is 26.8 Å². The molecule has 3 aromatic carbocycles. The monoisotopic (exact) mass is 767 g/mol. The molecule has 0 aliphatic heterocycles. The molecule has 1 aromatic heterocycles. The van der Waals surface area contributed by atoms with Gasteiger partial charge in [-0.1, -0.05) is 23.7 Å². The molecule has 0 radical (unpaired) electrons. The van der Waals surface area contributed by atoms with Crippen LogP contribution in [0, 0.1) is 6.92 Å². The van der Waals surface area contributed by atoms with Gasteiger partial charge in [-0.3, -0.25) is 4.55 Å². The Morgan fingerprint density at radius 2 is 1.50 bits per heavy atom. The maximum atomic E-state index is 12.2. The molecular formula is C22H16ClKN5NaO12S4. The van der Waals surface area contributed by atoms with Crippen LogP contribution in [-0.2, 0) is 40.2 Å². The van der Waals surface area contributed by atoms with Crippen LogP contribution in [0.25, 0.3) is 10.8 Å². The smallest absolute Gasteiger partial charge is 0.744 e. The first-order chi connectivity index (χ1) is 20.1. The predicted molar refractivity (Wildman–Crippen MR) is 150 cm³/mol. The molecule has 0 atom stereocenters. The van der Waals surface area contributed by atoms with E-state index in [0.29, 0.717) is 18.2 Å². The first-order valence-corrected chi connectivity index (χ1v) is 17.9. The number of benzene rings is 3. The third-order valence-electron chi connectivity index (χ3n) is 5.66. The molecule has 0 aliphatic rings. The largest absolute Gasteiger partial charge is 1.00 e. The number of fused-ring (bicyclic) bond motifs is 1. The zero-order chi connectivity index (χ0) is 33.0. The summed E-state index contributed by atoms with van der Waals surface area (Å²) >= 11 is 6.22. The number of phenolic OH excluding ortho intramolecular Hbond substituents is 1. The second kappa shape index (κ2) is 14.7. The van der Waals surface area contributed by atoms with Gasteiger partial charge in [-0.15, -0.1) is 10.2 Å². The van der Waals surface area contributed by atoms with Crippen molar-refractivity contribution in [1.29, 1.82) is 0 Å². The van der Waals surface area contributed by atoms with E-state index in [1.807, 2.05) is 0 Å². The number of halogens is 1. The number of hydrogen-bond acceptors (Lipinski definition) is 16. The molecule has 3 N–H and O–H groups in total. The van der Waals surface area contributed by atoms with Crippen molar-refractivity contribution in [1.82, 2.24) is 9.97 Å². The number of aromatic hydroxyl groups is 1. The van der Waals surface area contributed by atoms with Crippen LogP contribution in [-0.4, -0.2) is 68.7 Å². The summed E-state index contributed by atoms with van der Waals surface area (Å²) in [5.41, 5.74) is -2.16. The van der Waals surface area contributed by atoms with E-state index >= 15 is 0 Å². The number of sulfone groups is 1. The molecule has 0 fully saturated rings. The maximum absolute atomic E-state index is 12.2. The number of rotatable bonds is 8. The number of aryl methyl sites for hydroxylation is 1. The van der Waals surface area contributed by atoms with Gasteiger partial charge in [-0.25, -0.2) is 30.2 Å². The average Bonchev–Trinajstić information content (AvgIpc) is 2.88. The third-order valence-corrected chi connectivity index (χ3v) is 9.53. The number of aromatic nitrogens is 2. The average molecular weight is 768 g/mol. The maximum Gasteiger partial charge on any atom is 1.00 e. The number of nitrogens with one attached hydrogen (secondary N) is 1. The fourth-order valence-corrected chi connectivity index (χ4v) is 6.26. The van der Waals surface area contributed by atoms with Crippen molar-refractivity contribution < 1.29 is 133 Å². The summed E-state index contributed by atoms with van der Waals surface area (Å²) in [5.74, 6) is -1.60.